The number of hydrogen-bond donors (Lipinski definition) is 1. The van der Waals surface area contributed by atoms with E-state index in [2.05, 4.69) is 22.2 Å². The molecule has 1 N–H and O–H groups in total. The molecule has 2 heterocycles. The van der Waals surface area contributed by atoms with Gasteiger partial charge in [-0.1, -0.05) is 18.5 Å². The van der Waals surface area contributed by atoms with Gasteiger partial charge in [-0.3, -0.25) is 0 Å². The molecule has 2 aliphatic rings. The fourth-order valence-electron chi connectivity index (χ4n) is 2.54. The zero-order chi connectivity index (χ0) is 14.2. The minimum absolute atomic E-state index is 0.280. The largest absolute Gasteiger partial charge is 0.381 e. The van der Waals surface area contributed by atoms with Gasteiger partial charge in [-0.25, -0.2) is 9.97 Å². The Morgan fingerprint density at radius 1 is 1.30 bits per heavy atom. The smallest absolute Gasteiger partial charge is 0.137 e. The molecular formula is C15H22ClN3O. The van der Waals surface area contributed by atoms with Crippen molar-refractivity contribution in [1.82, 2.24) is 9.97 Å². The zero-order valence-electron chi connectivity index (χ0n) is 12.2. The van der Waals surface area contributed by atoms with E-state index in [0.29, 0.717) is 11.1 Å². The van der Waals surface area contributed by atoms with Crippen molar-refractivity contribution in [3.8, 4) is 0 Å². The average Bonchev–Trinajstić information content (AvgIpc) is 3.26. The SMILES string of the molecule is Cc1c(Cl)nc(C2CC2)nc1NCC1(C)CCOCC1. The third kappa shape index (κ3) is 3.07. The molecule has 3 rings (SSSR count). The van der Waals surface area contributed by atoms with Gasteiger partial charge in [0.25, 0.3) is 0 Å². The third-order valence-corrected chi connectivity index (χ3v) is 4.80. The van der Waals surface area contributed by atoms with Crippen LogP contribution in [-0.4, -0.2) is 29.7 Å². The van der Waals surface area contributed by atoms with E-state index in [4.69, 9.17) is 16.3 Å². The molecule has 0 atom stereocenters. The molecule has 1 aromatic rings. The Morgan fingerprint density at radius 2 is 2.00 bits per heavy atom. The molecule has 4 nitrogen and oxygen atoms in total. The summed E-state index contributed by atoms with van der Waals surface area (Å²) in [6.45, 7) is 6.91. The molecule has 0 bridgehead atoms. The van der Waals surface area contributed by atoms with Crippen LogP contribution < -0.4 is 5.32 Å². The topological polar surface area (TPSA) is 47.0 Å². The van der Waals surface area contributed by atoms with E-state index >= 15 is 0 Å². The zero-order valence-corrected chi connectivity index (χ0v) is 13.0. The van der Waals surface area contributed by atoms with Gasteiger partial charge in [0.1, 0.15) is 16.8 Å². The molecule has 2 fully saturated rings. The summed E-state index contributed by atoms with van der Waals surface area (Å²) in [5.41, 5.74) is 1.23. The quantitative estimate of drug-likeness (QED) is 0.863. The van der Waals surface area contributed by atoms with E-state index < -0.39 is 0 Å². The van der Waals surface area contributed by atoms with Gasteiger partial charge >= 0.3 is 0 Å². The first-order valence-electron chi connectivity index (χ1n) is 7.43. The molecule has 5 heteroatoms. The summed E-state index contributed by atoms with van der Waals surface area (Å²) in [6.07, 6.45) is 4.56. The van der Waals surface area contributed by atoms with Crippen LogP contribution in [0.4, 0.5) is 5.82 Å². The molecule has 0 radical (unpaired) electrons. The molecule has 1 aliphatic carbocycles. The van der Waals surface area contributed by atoms with E-state index in [9.17, 15) is 0 Å². The molecule has 0 spiro atoms. The Hall–Kier alpha value is -0.870. The second-order valence-corrected chi connectivity index (χ2v) is 6.76. The molecule has 0 aromatic carbocycles. The highest BCUT2D eigenvalue weighted by atomic mass is 35.5. The number of halogens is 1. The van der Waals surface area contributed by atoms with Gasteiger partial charge in [-0.2, -0.15) is 0 Å². The lowest BCUT2D eigenvalue weighted by molar-refractivity contribution is 0.0299. The molecular weight excluding hydrogens is 274 g/mol. The molecule has 0 unspecified atom stereocenters. The maximum Gasteiger partial charge on any atom is 0.137 e. The number of ether oxygens (including phenoxy) is 1. The maximum absolute atomic E-state index is 6.24. The van der Waals surface area contributed by atoms with Crippen LogP contribution in [0, 0.1) is 12.3 Å². The molecule has 0 amide bonds. The third-order valence-electron chi connectivity index (χ3n) is 4.43. The van der Waals surface area contributed by atoms with Crippen LogP contribution in [0.1, 0.15) is 49.9 Å². The maximum atomic E-state index is 6.24. The second kappa shape index (κ2) is 5.49. The summed E-state index contributed by atoms with van der Waals surface area (Å²) in [5.74, 6) is 2.33. The highest BCUT2D eigenvalue weighted by Crippen LogP contribution is 2.39. The van der Waals surface area contributed by atoms with Crippen LogP contribution in [0.25, 0.3) is 0 Å². The fourth-order valence-corrected chi connectivity index (χ4v) is 2.72. The molecule has 20 heavy (non-hydrogen) atoms. The lowest BCUT2D eigenvalue weighted by atomic mass is 9.82. The first-order valence-corrected chi connectivity index (χ1v) is 7.81. The number of aromatic nitrogens is 2. The Kier molecular flexibility index (Phi) is 3.87. The van der Waals surface area contributed by atoms with E-state index in [1.165, 1.54) is 12.8 Å². The van der Waals surface area contributed by atoms with E-state index in [-0.39, 0.29) is 5.41 Å². The van der Waals surface area contributed by atoms with E-state index in [1.54, 1.807) is 0 Å². The summed E-state index contributed by atoms with van der Waals surface area (Å²) < 4.78 is 5.44. The second-order valence-electron chi connectivity index (χ2n) is 6.40. The molecule has 1 aliphatic heterocycles. The van der Waals surface area contributed by atoms with Gasteiger partial charge in [0.2, 0.25) is 0 Å². The molecule has 1 aromatic heterocycles. The fraction of sp³-hybridized carbons (Fsp3) is 0.733. The number of nitrogens with one attached hydrogen (secondary N) is 1. The normalized spacial score (nSPS) is 21.8. The van der Waals surface area contributed by atoms with Crippen LogP contribution >= 0.6 is 11.6 Å². The Bertz CT molecular complexity index is 496. The van der Waals surface area contributed by atoms with Crippen molar-refractivity contribution in [2.45, 2.75) is 45.4 Å². The lowest BCUT2D eigenvalue weighted by Gasteiger charge is -2.34. The Morgan fingerprint density at radius 3 is 2.65 bits per heavy atom. The minimum atomic E-state index is 0.280. The van der Waals surface area contributed by atoms with Gasteiger partial charge < -0.3 is 10.1 Å². The molecule has 110 valence electrons. The highest BCUT2D eigenvalue weighted by molar-refractivity contribution is 6.30. The van der Waals surface area contributed by atoms with Crippen LogP contribution in [0.5, 0.6) is 0 Å². The van der Waals surface area contributed by atoms with E-state index in [1.807, 2.05) is 6.92 Å². The van der Waals surface area contributed by atoms with Gasteiger partial charge in [0.15, 0.2) is 0 Å². The first-order chi connectivity index (χ1) is 9.57. The van der Waals surface area contributed by atoms with Crippen molar-refractivity contribution >= 4 is 17.4 Å². The number of anilines is 1. The van der Waals surface area contributed by atoms with Gasteiger partial charge in [-0.15, -0.1) is 0 Å². The van der Waals surface area contributed by atoms with Gasteiger partial charge in [-0.05, 0) is 38.0 Å². The monoisotopic (exact) mass is 295 g/mol. The molecule has 1 saturated heterocycles. The van der Waals surface area contributed by atoms with Crippen LogP contribution in [0.15, 0.2) is 0 Å². The van der Waals surface area contributed by atoms with Gasteiger partial charge in [0.05, 0.1) is 0 Å². The predicted octanol–water partition coefficient (Wildman–Crippen LogP) is 3.54. The Balaban J connectivity index is 1.72. The summed E-state index contributed by atoms with van der Waals surface area (Å²) in [4.78, 5) is 9.07. The average molecular weight is 296 g/mol. The lowest BCUT2D eigenvalue weighted by Crippen LogP contribution is -2.33. The van der Waals surface area contributed by atoms with Crippen molar-refractivity contribution in [3.05, 3.63) is 16.5 Å². The minimum Gasteiger partial charge on any atom is -0.381 e. The van der Waals surface area contributed by atoms with Crippen molar-refractivity contribution in [3.63, 3.8) is 0 Å². The molecule has 1 saturated carbocycles. The number of nitrogens with zero attached hydrogens (tertiary/aromatic N) is 2. The highest BCUT2D eigenvalue weighted by Gasteiger charge is 2.30. The first kappa shape index (κ1) is 14.1. The van der Waals surface area contributed by atoms with Crippen LogP contribution in [0.2, 0.25) is 5.15 Å². The van der Waals surface area contributed by atoms with Crippen molar-refractivity contribution < 1.29 is 4.74 Å². The predicted molar refractivity (Wildman–Crippen MR) is 80.4 cm³/mol. The van der Waals surface area contributed by atoms with Crippen molar-refractivity contribution in [2.75, 3.05) is 25.1 Å². The number of rotatable bonds is 4. The van der Waals surface area contributed by atoms with Gasteiger partial charge in [0, 0.05) is 31.2 Å². The van der Waals surface area contributed by atoms with E-state index in [0.717, 1.165) is 49.8 Å². The summed E-state index contributed by atoms with van der Waals surface area (Å²) in [6, 6.07) is 0. The van der Waals surface area contributed by atoms with Crippen molar-refractivity contribution in [1.29, 1.82) is 0 Å². The summed E-state index contributed by atoms with van der Waals surface area (Å²) in [5, 5.41) is 4.08. The van der Waals surface area contributed by atoms with Crippen LogP contribution in [-0.2, 0) is 4.74 Å². The number of hydrogen-bond acceptors (Lipinski definition) is 4. The van der Waals surface area contributed by atoms with Crippen LogP contribution in [0.3, 0.4) is 0 Å². The van der Waals surface area contributed by atoms with Crippen molar-refractivity contribution in [2.24, 2.45) is 5.41 Å². The Labute approximate surface area is 125 Å². The standard InChI is InChI=1S/C15H22ClN3O/c1-10-12(16)18-14(11-3-4-11)19-13(10)17-9-15(2)5-7-20-8-6-15/h11H,3-9H2,1-2H3,(H,17,18,19). The summed E-state index contributed by atoms with van der Waals surface area (Å²) >= 11 is 6.24. The summed E-state index contributed by atoms with van der Waals surface area (Å²) in [7, 11) is 0.